The minimum Gasteiger partial charge on any atom is -0.456 e. The second-order valence-corrected chi connectivity index (χ2v) is 16.0. The summed E-state index contributed by atoms with van der Waals surface area (Å²) in [6.45, 7) is 0.497. The van der Waals surface area contributed by atoms with E-state index in [0.29, 0.717) is 11.2 Å². The zero-order valence-corrected chi connectivity index (χ0v) is 35.5. The monoisotopic (exact) mass is 848 g/mol. The van der Waals surface area contributed by atoms with E-state index in [1.807, 2.05) is 121 Å². The number of carbonyl (C=O) groups is 2. The Kier molecular flexibility index (Phi) is 11.2. The van der Waals surface area contributed by atoms with Crippen molar-refractivity contribution in [3.8, 4) is 22.6 Å². The summed E-state index contributed by atoms with van der Waals surface area (Å²) in [6.07, 6.45) is -0.399. The second-order valence-electron chi connectivity index (χ2n) is 16.0. The summed E-state index contributed by atoms with van der Waals surface area (Å²) in [7, 11) is 0. The Morgan fingerprint density at radius 3 is 1.08 bits per heavy atom. The van der Waals surface area contributed by atoms with Crippen molar-refractivity contribution < 1.29 is 18.4 Å². The van der Waals surface area contributed by atoms with Crippen molar-refractivity contribution in [1.29, 1.82) is 0 Å². The number of hydrogen-bond donors (Lipinski definition) is 1. The van der Waals surface area contributed by atoms with E-state index in [0.717, 1.165) is 78.7 Å². The number of nitrogens with zero attached hydrogens (tertiary/aromatic N) is 3. The van der Waals surface area contributed by atoms with E-state index < -0.39 is 12.3 Å². The number of furan rings is 2. The van der Waals surface area contributed by atoms with Gasteiger partial charge in [-0.25, -0.2) is 0 Å². The molecule has 10 aromatic rings. The number of primary amides is 1. The number of nitrogens with two attached hydrogens (primary N) is 1. The fourth-order valence-electron chi connectivity index (χ4n) is 8.32. The Hall–Kier alpha value is -8.62. The summed E-state index contributed by atoms with van der Waals surface area (Å²) in [5, 5.41) is 1.88. The van der Waals surface area contributed by atoms with Gasteiger partial charge in [-0.05, 0) is 132 Å². The van der Waals surface area contributed by atoms with Gasteiger partial charge in [-0.15, -0.1) is 0 Å². The largest absolute Gasteiger partial charge is 0.456 e. The third kappa shape index (κ3) is 8.87. The lowest BCUT2D eigenvalue weighted by molar-refractivity contribution is -0.136. The van der Waals surface area contributed by atoms with Crippen LogP contribution in [0.2, 0.25) is 0 Å². The maximum Gasteiger partial charge on any atom is 0.232 e. The number of fused-ring (bicyclic) bond motifs is 2. The Morgan fingerprint density at radius 2 is 0.738 bits per heavy atom. The summed E-state index contributed by atoms with van der Waals surface area (Å²) in [6, 6.07) is 73.8. The van der Waals surface area contributed by atoms with Crippen LogP contribution in [0.1, 0.15) is 17.5 Å². The number of carbonyl (C=O) groups excluding carboxylic acids is 2. The SMILES string of the molecule is NC(=O)CC(=O)N(Cc1ccc2cc(-c3ccc(N(c4ccccc4)c4ccccc4)cc3)oc2c1)Cc1ccc2cc(-c3ccc(N(c4ccccc4)c4ccccc4)cc3)oc2c1. The molecule has 0 saturated carbocycles. The number of para-hydroxylation sites is 4. The van der Waals surface area contributed by atoms with Crippen LogP contribution in [0.25, 0.3) is 44.6 Å². The molecule has 0 fully saturated rings. The van der Waals surface area contributed by atoms with E-state index in [-0.39, 0.29) is 19.0 Å². The summed E-state index contributed by atoms with van der Waals surface area (Å²) < 4.78 is 12.9. The van der Waals surface area contributed by atoms with E-state index >= 15 is 0 Å². The first kappa shape index (κ1) is 40.5. The van der Waals surface area contributed by atoms with Gasteiger partial charge in [0.15, 0.2) is 0 Å². The molecule has 0 aliphatic rings. The number of rotatable bonds is 14. The quantitative estimate of drug-likeness (QED) is 0.110. The summed E-state index contributed by atoms with van der Waals surface area (Å²) in [4.78, 5) is 31.6. The Balaban J connectivity index is 0.869. The van der Waals surface area contributed by atoms with Gasteiger partial charge in [0.1, 0.15) is 29.1 Å². The fraction of sp³-hybridized carbons (Fsp3) is 0.0526. The normalized spacial score (nSPS) is 11.1. The average Bonchev–Trinajstić information content (AvgIpc) is 3.98. The molecule has 0 spiro atoms. The van der Waals surface area contributed by atoms with Crippen LogP contribution in [0.15, 0.2) is 227 Å². The minimum absolute atomic E-state index is 0.248. The number of amides is 2. The van der Waals surface area contributed by atoms with Gasteiger partial charge in [-0.2, -0.15) is 0 Å². The first-order chi connectivity index (χ1) is 31.9. The summed E-state index contributed by atoms with van der Waals surface area (Å²) >= 11 is 0. The van der Waals surface area contributed by atoms with Crippen LogP contribution in [-0.4, -0.2) is 16.7 Å². The van der Waals surface area contributed by atoms with Crippen LogP contribution in [0.5, 0.6) is 0 Å². The molecule has 2 aromatic heterocycles. The van der Waals surface area contributed by atoms with Crippen LogP contribution in [-0.2, 0) is 22.7 Å². The third-order valence-corrected chi connectivity index (χ3v) is 11.5. The number of benzene rings is 8. The predicted molar refractivity (Wildman–Crippen MR) is 261 cm³/mol. The topological polar surface area (TPSA) is 96.2 Å². The molecule has 2 N–H and O–H groups in total. The zero-order valence-electron chi connectivity index (χ0n) is 35.5. The smallest absolute Gasteiger partial charge is 0.232 e. The minimum atomic E-state index is -0.680. The van der Waals surface area contributed by atoms with Crippen LogP contribution < -0.4 is 15.5 Å². The molecule has 8 nitrogen and oxygen atoms in total. The van der Waals surface area contributed by atoms with Crippen molar-refractivity contribution in [3.63, 3.8) is 0 Å². The highest BCUT2D eigenvalue weighted by molar-refractivity contribution is 5.96. The molecule has 65 heavy (non-hydrogen) atoms. The van der Waals surface area contributed by atoms with Crippen molar-refractivity contribution in [1.82, 2.24) is 4.90 Å². The van der Waals surface area contributed by atoms with Gasteiger partial charge in [0.2, 0.25) is 11.8 Å². The molecule has 0 aliphatic carbocycles. The van der Waals surface area contributed by atoms with E-state index in [1.165, 1.54) is 0 Å². The molecule has 0 radical (unpaired) electrons. The molecule has 2 amide bonds. The molecule has 0 aliphatic heterocycles. The fourth-order valence-corrected chi connectivity index (χ4v) is 8.32. The average molecular weight is 849 g/mol. The van der Waals surface area contributed by atoms with Gasteiger partial charge < -0.3 is 29.3 Å². The van der Waals surface area contributed by atoms with Gasteiger partial charge in [-0.3, -0.25) is 9.59 Å². The van der Waals surface area contributed by atoms with Gasteiger partial charge in [-0.1, -0.05) is 97.1 Å². The summed E-state index contributed by atoms with van der Waals surface area (Å²) in [5.74, 6) is 0.429. The second kappa shape index (κ2) is 18.0. The highest BCUT2D eigenvalue weighted by atomic mass is 16.3. The summed E-state index contributed by atoms with van der Waals surface area (Å²) in [5.41, 5.74) is 16.8. The lowest BCUT2D eigenvalue weighted by atomic mass is 10.1. The van der Waals surface area contributed by atoms with Crippen LogP contribution >= 0.6 is 0 Å². The Labute approximate surface area is 377 Å². The Bertz CT molecular complexity index is 2940. The number of hydrogen-bond acceptors (Lipinski definition) is 6. The molecule has 10 rings (SSSR count). The van der Waals surface area contributed by atoms with Crippen molar-refractivity contribution in [2.75, 3.05) is 9.80 Å². The van der Waals surface area contributed by atoms with E-state index in [2.05, 4.69) is 107 Å². The third-order valence-electron chi connectivity index (χ3n) is 11.5. The lowest BCUT2D eigenvalue weighted by Crippen LogP contribution is -2.33. The Morgan fingerprint density at radius 1 is 0.400 bits per heavy atom. The first-order valence-electron chi connectivity index (χ1n) is 21.5. The standard InChI is InChI=1S/C57H44N4O4/c58-56(62)37-57(63)59(38-40-21-23-44-35-54(64-52(44)33-40)42-25-29-50(30-26-42)60(46-13-5-1-6-14-46)47-15-7-2-8-16-47)39-41-22-24-45-36-55(65-53(45)34-41)43-27-31-51(32-28-43)61(48-17-9-3-10-18-48)49-19-11-4-12-20-49/h1-36H,37-39H2,(H2,58,62). The molecule has 0 unspecified atom stereocenters. The van der Waals surface area contributed by atoms with E-state index in [9.17, 15) is 9.59 Å². The molecule has 0 bridgehead atoms. The maximum atomic E-state index is 13.6. The van der Waals surface area contributed by atoms with Crippen LogP contribution in [0.4, 0.5) is 34.1 Å². The number of anilines is 6. The lowest BCUT2D eigenvalue weighted by Gasteiger charge is -2.25. The molecule has 316 valence electrons. The van der Waals surface area contributed by atoms with Gasteiger partial charge in [0.05, 0.1) is 0 Å². The molecule has 0 atom stereocenters. The van der Waals surface area contributed by atoms with E-state index in [1.54, 1.807) is 4.90 Å². The van der Waals surface area contributed by atoms with Crippen LogP contribution in [0.3, 0.4) is 0 Å². The van der Waals surface area contributed by atoms with Crippen molar-refractivity contribution in [2.24, 2.45) is 5.73 Å². The molecular formula is C57H44N4O4. The van der Waals surface area contributed by atoms with Crippen molar-refractivity contribution in [2.45, 2.75) is 19.5 Å². The highest BCUT2D eigenvalue weighted by Crippen LogP contribution is 2.38. The molecule has 8 heteroatoms. The molecule has 2 heterocycles. The predicted octanol–water partition coefficient (Wildman–Crippen LogP) is 13.9. The highest BCUT2D eigenvalue weighted by Gasteiger charge is 2.20. The zero-order chi connectivity index (χ0) is 44.1. The van der Waals surface area contributed by atoms with Crippen LogP contribution in [0, 0.1) is 0 Å². The molecule has 8 aromatic carbocycles. The van der Waals surface area contributed by atoms with E-state index in [4.69, 9.17) is 14.6 Å². The van der Waals surface area contributed by atoms with Gasteiger partial charge >= 0.3 is 0 Å². The first-order valence-corrected chi connectivity index (χ1v) is 21.5. The van der Waals surface area contributed by atoms with Crippen molar-refractivity contribution in [3.05, 3.63) is 230 Å². The van der Waals surface area contributed by atoms with Gasteiger partial charge in [0, 0.05) is 69.1 Å². The van der Waals surface area contributed by atoms with Crippen molar-refractivity contribution >= 4 is 67.9 Å². The molecular weight excluding hydrogens is 805 g/mol. The maximum absolute atomic E-state index is 13.6. The van der Waals surface area contributed by atoms with Gasteiger partial charge in [0.25, 0.3) is 0 Å². The molecule has 0 saturated heterocycles.